The molecule has 3 rings (SSSR count). The number of alkyl halides is 3. The molecule has 1 unspecified atom stereocenters. The van der Waals surface area contributed by atoms with E-state index in [0.717, 1.165) is 28.3 Å². The number of carbonyl (C=O) groups is 1. The van der Waals surface area contributed by atoms with Crippen molar-refractivity contribution in [3.05, 3.63) is 52.2 Å². The van der Waals surface area contributed by atoms with Gasteiger partial charge in [-0.25, -0.2) is 17.6 Å². The molecule has 0 spiro atoms. The summed E-state index contributed by atoms with van der Waals surface area (Å²) in [6.45, 7) is 11.6. The van der Waals surface area contributed by atoms with Crippen molar-refractivity contribution >= 4 is 33.0 Å². The van der Waals surface area contributed by atoms with E-state index in [1.165, 1.54) is 6.07 Å². The number of benzene rings is 1. The van der Waals surface area contributed by atoms with Gasteiger partial charge < -0.3 is 4.74 Å². The van der Waals surface area contributed by atoms with Crippen LogP contribution in [0.1, 0.15) is 24.3 Å². The van der Waals surface area contributed by atoms with Crippen LogP contribution in [0, 0.1) is 18.9 Å². The fourth-order valence-corrected chi connectivity index (χ4v) is 6.09. The Balaban J connectivity index is 1.94. The number of ether oxygens (including phenoxy) is 1. The molecule has 6 nitrogen and oxygen atoms in total. The Labute approximate surface area is 175 Å². The average molecular weight is 458 g/mol. The largest absolute Gasteiger partial charge is 0.480 e. The Bertz CT molecular complexity index is 1150. The summed E-state index contributed by atoms with van der Waals surface area (Å²) in [4.78, 5) is 16.5. The molecule has 0 aliphatic carbocycles. The quantitative estimate of drug-likeness (QED) is 0.627. The van der Waals surface area contributed by atoms with Gasteiger partial charge in [0.05, 0.1) is 12.1 Å². The zero-order chi connectivity index (χ0) is 22.5. The maximum Gasteiger partial charge on any atom is 0.407 e. The van der Waals surface area contributed by atoms with Crippen LogP contribution in [0.5, 0.6) is 5.75 Å². The summed E-state index contributed by atoms with van der Waals surface area (Å²) >= 11 is 1.02. The molecule has 1 aliphatic rings. The zero-order valence-electron chi connectivity index (χ0n) is 16.1. The molecule has 160 valence electrons. The lowest BCUT2D eigenvalue weighted by atomic mass is 9.89. The molecule has 0 radical (unpaired) electrons. The molecule has 11 heteroatoms. The minimum atomic E-state index is -4.78. The van der Waals surface area contributed by atoms with E-state index in [1.54, 1.807) is 26.8 Å². The summed E-state index contributed by atoms with van der Waals surface area (Å²) in [6.07, 6.45) is -6.09. The van der Waals surface area contributed by atoms with Gasteiger partial charge in [0.1, 0.15) is 9.96 Å². The molecule has 1 fully saturated rings. The lowest BCUT2D eigenvalue weighted by Gasteiger charge is -2.24. The number of halogens is 3. The van der Waals surface area contributed by atoms with Crippen LogP contribution >= 0.6 is 11.3 Å². The van der Waals surface area contributed by atoms with Gasteiger partial charge in [0.2, 0.25) is 0 Å². The normalized spacial score (nSPS) is 19.0. The zero-order valence-corrected chi connectivity index (χ0v) is 17.8. The molecule has 1 amide bonds. The van der Waals surface area contributed by atoms with E-state index in [1.807, 2.05) is 0 Å². The number of nitrogens with zero attached hydrogens (tertiary/aromatic N) is 2. The second kappa shape index (κ2) is 7.28. The summed E-state index contributed by atoms with van der Waals surface area (Å²) in [5.41, 5.74) is -2.77. The number of aryl methyl sites for hydroxylation is 1. The van der Waals surface area contributed by atoms with Crippen LogP contribution < -0.4 is 4.74 Å². The van der Waals surface area contributed by atoms with Crippen molar-refractivity contribution in [1.82, 2.24) is 4.31 Å². The van der Waals surface area contributed by atoms with Crippen LogP contribution in [0.2, 0.25) is 0 Å². The van der Waals surface area contributed by atoms with Crippen molar-refractivity contribution in [2.24, 2.45) is 5.41 Å². The number of hydrogen-bond acceptors (Lipinski definition) is 5. The lowest BCUT2D eigenvalue weighted by molar-refractivity contribution is -0.137. The Morgan fingerprint density at radius 2 is 1.93 bits per heavy atom. The fourth-order valence-electron chi connectivity index (χ4n) is 3.12. The molecule has 1 aromatic heterocycles. The average Bonchev–Trinajstić information content (AvgIpc) is 3.18. The third-order valence-corrected chi connectivity index (χ3v) is 7.85. The fraction of sp³-hybridized carbons (Fsp3) is 0.368. The van der Waals surface area contributed by atoms with Gasteiger partial charge in [0, 0.05) is 16.8 Å². The number of thiophene rings is 1. The van der Waals surface area contributed by atoms with E-state index in [4.69, 9.17) is 11.3 Å². The number of sulfonamides is 1. The van der Waals surface area contributed by atoms with Crippen molar-refractivity contribution in [2.75, 3.05) is 6.54 Å². The molecular weight excluding hydrogens is 441 g/mol. The van der Waals surface area contributed by atoms with E-state index in [9.17, 15) is 26.4 Å². The Morgan fingerprint density at radius 3 is 2.47 bits per heavy atom. The topological polar surface area (TPSA) is 68.0 Å². The smallest absolute Gasteiger partial charge is 0.407 e. The highest BCUT2D eigenvalue weighted by Gasteiger charge is 2.53. The van der Waals surface area contributed by atoms with Crippen molar-refractivity contribution in [1.29, 1.82) is 0 Å². The van der Waals surface area contributed by atoms with Crippen LogP contribution in [0.25, 0.3) is 4.85 Å². The van der Waals surface area contributed by atoms with Crippen molar-refractivity contribution in [2.45, 2.75) is 37.3 Å². The third-order valence-electron chi connectivity index (χ3n) is 4.64. The van der Waals surface area contributed by atoms with Crippen molar-refractivity contribution in [3.63, 3.8) is 0 Å². The molecule has 1 aromatic carbocycles. The Kier molecular flexibility index (Phi) is 5.37. The number of amides is 1. The van der Waals surface area contributed by atoms with E-state index in [0.29, 0.717) is 10.4 Å². The van der Waals surface area contributed by atoms with Gasteiger partial charge in [0.25, 0.3) is 15.9 Å². The summed E-state index contributed by atoms with van der Waals surface area (Å²) in [7, 11) is -4.10. The SMILES string of the molecule is [C-]#[N+]c1ccc(OC2C(=O)N(S(=O)(=O)c3ccc(C)s3)CC2(C)C)cc1C(F)(F)F. The van der Waals surface area contributed by atoms with Gasteiger partial charge in [-0.15, -0.1) is 11.3 Å². The Hall–Kier alpha value is -2.58. The monoisotopic (exact) mass is 458 g/mol. The predicted octanol–water partition coefficient (Wildman–Crippen LogP) is 4.63. The number of carbonyl (C=O) groups excluding carboxylic acids is 1. The minimum absolute atomic E-state index is 0.00516. The van der Waals surface area contributed by atoms with Crippen LogP contribution in [-0.2, 0) is 21.0 Å². The second-order valence-electron chi connectivity index (χ2n) is 7.49. The molecule has 2 aromatic rings. The van der Waals surface area contributed by atoms with Crippen molar-refractivity contribution < 1.29 is 31.1 Å². The van der Waals surface area contributed by atoms with Crippen LogP contribution in [0.15, 0.2) is 34.5 Å². The highest BCUT2D eigenvalue weighted by Crippen LogP contribution is 2.41. The standard InChI is InChI=1S/C19H17F3N2O4S2/c1-11-5-8-15(29-11)30(26,27)24-10-18(2,3)16(17(24)25)28-12-6-7-14(23-4)13(9-12)19(20,21)22/h5-9,16H,10H2,1-3H3. The summed E-state index contributed by atoms with van der Waals surface area (Å²) in [5, 5.41) is 0. The summed E-state index contributed by atoms with van der Waals surface area (Å²) in [6, 6.07) is 5.79. The number of rotatable bonds is 4. The van der Waals surface area contributed by atoms with E-state index in [2.05, 4.69) is 4.85 Å². The summed E-state index contributed by atoms with van der Waals surface area (Å²) < 4.78 is 71.7. The lowest BCUT2D eigenvalue weighted by Crippen LogP contribution is -2.38. The molecule has 1 aliphatic heterocycles. The highest BCUT2D eigenvalue weighted by atomic mass is 32.2. The predicted molar refractivity (Wildman–Crippen MR) is 104 cm³/mol. The number of hydrogen-bond donors (Lipinski definition) is 0. The molecule has 30 heavy (non-hydrogen) atoms. The van der Waals surface area contributed by atoms with Crippen molar-refractivity contribution in [3.8, 4) is 5.75 Å². The highest BCUT2D eigenvalue weighted by molar-refractivity contribution is 7.91. The molecular formula is C19H17F3N2O4S2. The molecule has 2 heterocycles. The molecule has 0 bridgehead atoms. The first-order valence-electron chi connectivity index (χ1n) is 8.66. The maximum absolute atomic E-state index is 13.2. The van der Waals surface area contributed by atoms with Gasteiger partial charge in [0.15, 0.2) is 11.8 Å². The van der Waals surface area contributed by atoms with Gasteiger partial charge >= 0.3 is 6.18 Å². The van der Waals surface area contributed by atoms with E-state index < -0.39 is 44.9 Å². The van der Waals surface area contributed by atoms with E-state index >= 15 is 0 Å². The van der Waals surface area contributed by atoms with Gasteiger partial charge in [-0.3, -0.25) is 4.79 Å². The molecule has 1 atom stereocenters. The summed E-state index contributed by atoms with van der Waals surface area (Å²) in [5.74, 6) is -1.12. The molecule has 0 saturated carbocycles. The van der Waals surface area contributed by atoms with Gasteiger partial charge in [-0.2, -0.15) is 13.2 Å². The van der Waals surface area contributed by atoms with E-state index in [-0.39, 0.29) is 16.5 Å². The molecule has 1 saturated heterocycles. The maximum atomic E-state index is 13.2. The first-order valence-corrected chi connectivity index (χ1v) is 10.9. The molecule has 0 N–H and O–H groups in total. The minimum Gasteiger partial charge on any atom is -0.480 e. The van der Waals surface area contributed by atoms with Crippen LogP contribution in [0.3, 0.4) is 0 Å². The van der Waals surface area contributed by atoms with Gasteiger partial charge in [-0.05, 0) is 31.2 Å². The third kappa shape index (κ3) is 3.89. The first-order chi connectivity index (χ1) is 13.8. The van der Waals surface area contributed by atoms with Crippen LogP contribution in [0.4, 0.5) is 18.9 Å². The second-order valence-corrected chi connectivity index (χ2v) is 10.9. The Morgan fingerprint density at radius 1 is 1.27 bits per heavy atom. The first kappa shape index (κ1) is 22.1. The van der Waals surface area contributed by atoms with Crippen LogP contribution in [-0.4, -0.2) is 31.3 Å². The van der Waals surface area contributed by atoms with Gasteiger partial charge in [-0.1, -0.05) is 19.9 Å².